The molecule has 1 rings (SSSR count). The van der Waals surface area contributed by atoms with E-state index < -0.39 is 10.0 Å². The molecule has 1 aromatic heterocycles. The van der Waals surface area contributed by atoms with Gasteiger partial charge in [0, 0.05) is 18.4 Å². The van der Waals surface area contributed by atoms with Gasteiger partial charge in [0.15, 0.2) is 0 Å². The maximum atomic E-state index is 11.7. The molecular formula is C10H18N2O4S. The lowest BCUT2D eigenvalue weighted by molar-refractivity contribution is 0.0834. The van der Waals surface area contributed by atoms with Crippen LogP contribution in [0.1, 0.15) is 19.5 Å². The average molecular weight is 262 g/mol. The third-order valence-corrected chi connectivity index (χ3v) is 3.48. The number of nitrogens with one attached hydrogen (secondary N) is 2. The third kappa shape index (κ3) is 4.47. The van der Waals surface area contributed by atoms with Gasteiger partial charge in [-0.05, 0) is 19.9 Å². The summed E-state index contributed by atoms with van der Waals surface area (Å²) in [5, 5.41) is 8.83. The van der Waals surface area contributed by atoms with Gasteiger partial charge < -0.3 is 14.8 Å². The number of hydrogen-bond donors (Lipinski definition) is 3. The second-order valence-electron chi connectivity index (χ2n) is 3.84. The van der Waals surface area contributed by atoms with Crippen LogP contribution in [0.5, 0.6) is 0 Å². The second-order valence-corrected chi connectivity index (χ2v) is 5.60. The monoisotopic (exact) mass is 262 g/mol. The van der Waals surface area contributed by atoms with E-state index in [1.54, 1.807) is 0 Å². The minimum absolute atomic E-state index is 0.0766. The normalized spacial score (nSPS) is 12.2. The van der Waals surface area contributed by atoms with E-state index in [2.05, 4.69) is 9.71 Å². The summed E-state index contributed by atoms with van der Waals surface area (Å²) >= 11 is 0. The predicted octanol–water partition coefficient (Wildman–Crippen LogP) is 0.210. The first-order valence-corrected chi connectivity index (χ1v) is 6.83. The number of aliphatic hydroxyl groups excluding tert-OH is 1. The van der Waals surface area contributed by atoms with Gasteiger partial charge in [-0.3, -0.25) is 0 Å². The van der Waals surface area contributed by atoms with Crippen LogP contribution >= 0.6 is 0 Å². The molecule has 0 aliphatic heterocycles. The average Bonchev–Trinajstić information content (AvgIpc) is 2.73. The van der Waals surface area contributed by atoms with E-state index in [0.717, 1.165) is 0 Å². The highest BCUT2D eigenvalue weighted by Crippen LogP contribution is 2.10. The van der Waals surface area contributed by atoms with Gasteiger partial charge in [-0.2, -0.15) is 0 Å². The van der Waals surface area contributed by atoms with Crippen molar-refractivity contribution in [1.29, 1.82) is 0 Å². The van der Waals surface area contributed by atoms with Crippen molar-refractivity contribution in [3.05, 3.63) is 18.0 Å². The van der Waals surface area contributed by atoms with Gasteiger partial charge in [0.2, 0.25) is 10.0 Å². The Morgan fingerprint density at radius 1 is 1.53 bits per heavy atom. The van der Waals surface area contributed by atoms with Gasteiger partial charge >= 0.3 is 0 Å². The van der Waals surface area contributed by atoms with Crippen LogP contribution in [-0.4, -0.2) is 37.8 Å². The Morgan fingerprint density at radius 3 is 2.76 bits per heavy atom. The maximum Gasteiger partial charge on any atom is 0.242 e. The molecule has 1 aromatic rings. The number of aromatic amines is 1. The van der Waals surface area contributed by atoms with Gasteiger partial charge in [-0.25, -0.2) is 13.1 Å². The highest BCUT2D eigenvalue weighted by molar-refractivity contribution is 7.89. The van der Waals surface area contributed by atoms with Crippen molar-refractivity contribution in [2.45, 2.75) is 31.5 Å². The molecule has 0 unspecified atom stereocenters. The Kier molecular flexibility index (Phi) is 5.13. The summed E-state index contributed by atoms with van der Waals surface area (Å²) in [4.78, 5) is 2.79. The first-order chi connectivity index (χ1) is 7.95. The zero-order chi connectivity index (χ0) is 12.9. The fourth-order valence-electron chi connectivity index (χ4n) is 1.22. The number of H-pyrrole nitrogens is 1. The van der Waals surface area contributed by atoms with E-state index in [0.29, 0.717) is 12.3 Å². The van der Waals surface area contributed by atoms with E-state index in [1.165, 1.54) is 12.3 Å². The first kappa shape index (κ1) is 14.2. The summed E-state index contributed by atoms with van der Waals surface area (Å²) in [6.07, 6.45) is 1.42. The van der Waals surface area contributed by atoms with Crippen molar-refractivity contribution < 1.29 is 18.3 Å². The van der Waals surface area contributed by atoms with E-state index in [1.807, 2.05) is 13.8 Å². The molecule has 0 bridgehead atoms. The molecule has 6 nitrogen and oxygen atoms in total. The zero-order valence-corrected chi connectivity index (χ0v) is 10.8. The van der Waals surface area contributed by atoms with Crippen LogP contribution < -0.4 is 4.72 Å². The SMILES string of the molecule is CC(C)OCCNS(=O)(=O)c1c[nH]c(CO)c1. The quantitative estimate of drug-likeness (QED) is 0.613. The fourth-order valence-corrected chi connectivity index (χ4v) is 2.25. The van der Waals surface area contributed by atoms with E-state index in [4.69, 9.17) is 9.84 Å². The van der Waals surface area contributed by atoms with Gasteiger partial charge in [0.05, 0.1) is 24.2 Å². The van der Waals surface area contributed by atoms with Crippen LogP contribution in [-0.2, 0) is 21.4 Å². The molecule has 0 atom stereocenters. The molecule has 0 saturated carbocycles. The maximum absolute atomic E-state index is 11.7. The van der Waals surface area contributed by atoms with Gasteiger partial charge in [-0.1, -0.05) is 0 Å². The Labute approximate surface area is 101 Å². The van der Waals surface area contributed by atoms with Crippen LogP contribution in [0.2, 0.25) is 0 Å². The number of hydrogen-bond acceptors (Lipinski definition) is 4. The summed E-state index contributed by atoms with van der Waals surface area (Å²) in [7, 11) is -3.52. The Bertz CT molecular complexity index is 439. The predicted molar refractivity (Wildman–Crippen MR) is 63.0 cm³/mol. The minimum Gasteiger partial charge on any atom is -0.390 e. The summed E-state index contributed by atoms with van der Waals surface area (Å²) < 4.78 is 31.1. The first-order valence-electron chi connectivity index (χ1n) is 5.35. The van der Waals surface area contributed by atoms with Crippen molar-refractivity contribution in [3.63, 3.8) is 0 Å². The molecule has 7 heteroatoms. The second kappa shape index (κ2) is 6.15. The van der Waals surface area contributed by atoms with Crippen molar-refractivity contribution in [1.82, 2.24) is 9.71 Å². The van der Waals surface area contributed by atoms with Crippen molar-refractivity contribution in [2.24, 2.45) is 0 Å². The molecule has 98 valence electrons. The zero-order valence-electron chi connectivity index (χ0n) is 9.93. The molecule has 0 aliphatic carbocycles. The van der Waals surface area contributed by atoms with Gasteiger partial charge in [0.1, 0.15) is 0 Å². The molecule has 0 fully saturated rings. The lowest BCUT2D eigenvalue weighted by Gasteiger charge is -2.08. The summed E-state index contributed by atoms with van der Waals surface area (Å²) in [6, 6.07) is 1.39. The van der Waals surface area contributed by atoms with Crippen molar-refractivity contribution in [2.75, 3.05) is 13.2 Å². The Balaban J connectivity index is 2.51. The fraction of sp³-hybridized carbons (Fsp3) is 0.600. The van der Waals surface area contributed by atoms with Crippen LogP contribution in [0.3, 0.4) is 0 Å². The number of rotatable bonds is 7. The van der Waals surface area contributed by atoms with Crippen molar-refractivity contribution in [3.8, 4) is 0 Å². The number of sulfonamides is 1. The van der Waals surface area contributed by atoms with Crippen LogP contribution in [0.4, 0.5) is 0 Å². The minimum atomic E-state index is -3.52. The standard InChI is InChI=1S/C10H18N2O4S/c1-8(2)16-4-3-12-17(14,15)10-5-9(7-13)11-6-10/h5-6,8,11-13H,3-4,7H2,1-2H3. The Morgan fingerprint density at radius 2 is 2.24 bits per heavy atom. The van der Waals surface area contributed by atoms with E-state index in [-0.39, 0.29) is 24.2 Å². The molecule has 0 aliphatic rings. The molecule has 17 heavy (non-hydrogen) atoms. The van der Waals surface area contributed by atoms with Gasteiger partial charge in [0.25, 0.3) is 0 Å². The molecule has 0 saturated heterocycles. The lowest BCUT2D eigenvalue weighted by Crippen LogP contribution is -2.28. The molecule has 3 N–H and O–H groups in total. The molecule has 0 radical (unpaired) electrons. The summed E-state index contributed by atoms with van der Waals surface area (Å²) in [5.74, 6) is 0. The number of aliphatic hydroxyl groups is 1. The summed E-state index contributed by atoms with van der Waals surface area (Å²) in [5.41, 5.74) is 0.462. The van der Waals surface area contributed by atoms with E-state index >= 15 is 0 Å². The van der Waals surface area contributed by atoms with Crippen LogP contribution in [0.15, 0.2) is 17.2 Å². The number of aromatic nitrogens is 1. The van der Waals surface area contributed by atoms with E-state index in [9.17, 15) is 8.42 Å². The smallest absolute Gasteiger partial charge is 0.242 e. The molecule has 1 heterocycles. The third-order valence-electron chi connectivity index (χ3n) is 2.04. The van der Waals surface area contributed by atoms with Gasteiger partial charge in [-0.15, -0.1) is 0 Å². The van der Waals surface area contributed by atoms with Crippen LogP contribution in [0.25, 0.3) is 0 Å². The molecule has 0 aromatic carbocycles. The number of ether oxygens (including phenoxy) is 1. The topological polar surface area (TPSA) is 91.4 Å². The Hall–Kier alpha value is -0.890. The molecule has 0 spiro atoms. The highest BCUT2D eigenvalue weighted by Gasteiger charge is 2.15. The highest BCUT2D eigenvalue weighted by atomic mass is 32.2. The molecular weight excluding hydrogens is 244 g/mol. The molecule has 0 amide bonds. The lowest BCUT2D eigenvalue weighted by atomic mass is 10.5. The largest absolute Gasteiger partial charge is 0.390 e. The van der Waals surface area contributed by atoms with Crippen LogP contribution in [0, 0.1) is 0 Å². The summed E-state index contributed by atoms with van der Waals surface area (Å²) in [6.45, 7) is 4.10. The van der Waals surface area contributed by atoms with Crippen molar-refractivity contribution >= 4 is 10.0 Å².